The summed E-state index contributed by atoms with van der Waals surface area (Å²) in [5, 5.41) is 2.50. The Hall–Kier alpha value is -1.84. The Labute approximate surface area is 76.2 Å². The molecular formula is C9H10N2O2. The first kappa shape index (κ1) is 9.25. The van der Waals surface area contributed by atoms with Crippen molar-refractivity contribution in [3.05, 3.63) is 24.3 Å². The third-order valence-electron chi connectivity index (χ3n) is 1.64. The first-order chi connectivity index (χ1) is 6.27. The van der Waals surface area contributed by atoms with Gasteiger partial charge in [0.25, 0.3) is 0 Å². The van der Waals surface area contributed by atoms with Crippen molar-refractivity contribution in [1.29, 1.82) is 0 Å². The predicted octanol–water partition coefficient (Wildman–Crippen LogP) is 0.847. The molecule has 1 aromatic rings. The fraction of sp³-hybridized carbons (Fsp3) is 0.111. The Bertz CT molecular complexity index is 312. The molecule has 0 aliphatic heterocycles. The van der Waals surface area contributed by atoms with Gasteiger partial charge in [-0.15, -0.1) is 0 Å². The van der Waals surface area contributed by atoms with Crippen molar-refractivity contribution in [1.82, 2.24) is 0 Å². The van der Waals surface area contributed by atoms with Crippen molar-refractivity contribution < 1.29 is 9.59 Å². The Morgan fingerprint density at radius 1 is 1.38 bits per heavy atom. The second kappa shape index (κ2) is 4.25. The largest absolute Gasteiger partial charge is 0.329 e. The number of anilines is 2. The van der Waals surface area contributed by atoms with E-state index in [0.717, 1.165) is 5.69 Å². The molecule has 1 N–H and O–H groups in total. The molecule has 0 saturated heterocycles. The van der Waals surface area contributed by atoms with Crippen LogP contribution in [0.1, 0.15) is 0 Å². The second-order valence-electron chi connectivity index (χ2n) is 2.53. The average Bonchev–Trinajstić information content (AvgIpc) is 2.18. The number of hydrogen-bond acceptors (Lipinski definition) is 2. The van der Waals surface area contributed by atoms with E-state index < -0.39 is 0 Å². The summed E-state index contributed by atoms with van der Waals surface area (Å²) in [6, 6.07) is 7.00. The average molecular weight is 178 g/mol. The SMILES string of the molecule is CN(C=O)c1cccc(NC=O)c1. The van der Waals surface area contributed by atoms with E-state index >= 15 is 0 Å². The van der Waals surface area contributed by atoms with E-state index in [-0.39, 0.29) is 0 Å². The molecule has 0 heterocycles. The number of hydrogen-bond donors (Lipinski definition) is 1. The van der Waals surface area contributed by atoms with E-state index in [4.69, 9.17) is 0 Å². The van der Waals surface area contributed by atoms with Crippen molar-refractivity contribution in [2.24, 2.45) is 0 Å². The van der Waals surface area contributed by atoms with Crippen molar-refractivity contribution in [3.63, 3.8) is 0 Å². The Morgan fingerprint density at radius 2 is 2.15 bits per heavy atom. The van der Waals surface area contributed by atoms with E-state index in [1.807, 2.05) is 0 Å². The molecule has 0 spiro atoms. The number of benzene rings is 1. The molecule has 0 aliphatic rings. The first-order valence-corrected chi connectivity index (χ1v) is 3.76. The number of nitrogens with one attached hydrogen (secondary N) is 1. The quantitative estimate of drug-likeness (QED) is 0.695. The number of rotatable bonds is 4. The maximum atomic E-state index is 10.4. The van der Waals surface area contributed by atoms with Crippen molar-refractivity contribution in [2.45, 2.75) is 0 Å². The van der Waals surface area contributed by atoms with Gasteiger partial charge >= 0.3 is 0 Å². The highest BCUT2D eigenvalue weighted by Crippen LogP contribution is 2.16. The van der Waals surface area contributed by atoms with E-state index in [9.17, 15) is 9.59 Å². The Kier molecular flexibility index (Phi) is 3.03. The minimum Gasteiger partial charge on any atom is -0.329 e. The lowest BCUT2D eigenvalue weighted by Gasteiger charge is -2.11. The van der Waals surface area contributed by atoms with Crippen molar-refractivity contribution in [3.8, 4) is 0 Å². The molecule has 0 atom stereocenters. The highest BCUT2D eigenvalue weighted by molar-refractivity contribution is 5.79. The van der Waals surface area contributed by atoms with Crippen molar-refractivity contribution >= 4 is 24.2 Å². The van der Waals surface area contributed by atoms with E-state index in [0.29, 0.717) is 18.5 Å². The number of nitrogens with zero attached hydrogens (tertiary/aromatic N) is 1. The Morgan fingerprint density at radius 3 is 2.77 bits per heavy atom. The standard InChI is InChI=1S/C9H10N2O2/c1-11(7-13)9-4-2-3-8(5-9)10-6-12/h2-7H,1H3,(H,10,12). The van der Waals surface area contributed by atoms with Crippen LogP contribution < -0.4 is 10.2 Å². The van der Waals surface area contributed by atoms with Crippen LogP contribution in [0.3, 0.4) is 0 Å². The summed E-state index contributed by atoms with van der Waals surface area (Å²) in [6.45, 7) is 0. The maximum Gasteiger partial charge on any atom is 0.213 e. The van der Waals surface area contributed by atoms with Gasteiger partial charge in [-0.2, -0.15) is 0 Å². The van der Waals surface area contributed by atoms with Crippen LogP contribution in [0.15, 0.2) is 24.3 Å². The molecule has 13 heavy (non-hydrogen) atoms. The first-order valence-electron chi connectivity index (χ1n) is 3.76. The fourth-order valence-corrected chi connectivity index (χ4v) is 0.944. The maximum absolute atomic E-state index is 10.4. The lowest BCUT2D eigenvalue weighted by atomic mass is 10.2. The predicted molar refractivity (Wildman–Crippen MR) is 50.6 cm³/mol. The van der Waals surface area contributed by atoms with Crippen LogP contribution in [-0.4, -0.2) is 19.9 Å². The zero-order valence-corrected chi connectivity index (χ0v) is 7.23. The topological polar surface area (TPSA) is 49.4 Å². The van der Waals surface area contributed by atoms with E-state index in [1.54, 1.807) is 31.3 Å². The van der Waals surface area contributed by atoms with Crippen LogP contribution in [0.4, 0.5) is 11.4 Å². The summed E-state index contributed by atoms with van der Waals surface area (Å²) < 4.78 is 0. The molecule has 0 saturated carbocycles. The molecule has 1 rings (SSSR count). The van der Waals surface area contributed by atoms with Gasteiger partial charge in [0, 0.05) is 18.4 Å². The van der Waals surface area contributed by atoms with Crippen LogP contribution in [0.25, 0.3) is 0 Å². The fourth-order valence-electron chi connectivity index (χ4n) is 0.944. The third kappa shape index (κ3) is 2.30. The van der Waals surface area contributed by atoms with Gasteiger partial charge in [-0.05, 0) is 18.2 Å². The minimum atomic E-state index is 0.597. The zero-order valence-electron chi connectivity index (χ0n) is 7.23. The summed E-state index contributed by atoms with van der Waals surface area (Å²) in [7, 11) is 1.65. The summed E-state index contributed by atoms with van der Waals surface area (Å²) in [5.41, 5.74) is 1.41. The molecule has 0 aliphatic carbocycles. The molecule has 68 valence electrons. The Balaban J connectivity index is 2.90. The lowest BCUT2D eigenvalue weighted by molar-refractivity contribution is -0.107. The van der Waals surface area contributed by atoms with Gasteiger partial charge in [0.05, 0.1) is 0 Å². The molecule has 4 nitrogen and oxygen atoms in total. The molecule has 0 fully saturated rings. The zero-order chi connectivity index (χ0) is 9.68. The highest BCUT2D eigenvalue weighted by atomic mass is 16.1. The van der Waals surface area contributed by atoms with Gasteiger partial charge in [-0.25, -0.2) is 0 Å². The second-order valence-corrected chi connectivity index (χ2v) is 2.53. The molecule has 0 radical (unpaired) electrons. The molecule has 0 aromatic heterocycles. The van der Waals surface area contributed by atoms with Gasteiger partial charge in [-0.1, -0.05) is 6.07 Å². The van der Waals surface area contributed by atoms with Crippen LogP contribution in [0, 0.1) is 0 Å². The molecule has 4 heteroatoms. The van der Waals surface area contributed by atoms with Gasteiger partial charge in [0.1, 0.15) is 0 Å². The van der Waals surface area contributed by atoms with E-state index in [2.05, 4.69) is 5.32 Å². The molecule has 0 unspecified atom stereocenters. The third-order valence-corrected chi connectivity index (χ3v) is 1.64. The lowest BCUT2D eigenvalue weighted by Crippen LogP contribution is -2.13. The monoisotopic (exact) mass is 178 g/mol. The number of amides is 2. The normalized spacial score (nSPS) is 9.00. The van der Waals surface area contributed by atoms with Crippen molar-refractivity contribution in [2.75, 3.05) is 17.3 Å². The van der Waals surface area contributed by atoms with Gasteiger partial charge < -0.3 is 10.2 Å². The molecule has 0 bridgehead atoms. The van der Waals surface area contributed by atoms with Gasteiger partial charge in [-0.3, -0.25) is 9.59 Å². The summed E-state index contributed by atoms with van der Waals surface area (Å²) >= 11 is 0. The van der Waals surface area contributed by atoms with Gasteiger partial charge in [0.2, 0.25) is 12.8 Å². The summed E-state index contributed by atoms with van der Waals surface area (Å²) in [5.74, 6) is 0. The number of carbonyl (C=O) groups excluding carboxylic acids is 2. The molecule has 1 aromatic carbocycles. The molecular weight excluding hydrogens is 168 g/mol. The highest BCUT2D eigenvalue weighted by Gasteiger charge is 1.98. The van der Waals surface area contributed by atoms with Crippen LogP contribution in [-0.2, 0) is 9.59 Å². The van der Waals surface area contributed by atoms with Crippen LogP contribution >= 0.6 is 0 Å². The van der Waals surface area contributed by atoms with Gasteiger partial charge in [0.15, 0.2) is 0 Å². The van der Waals surface area contributed by atoms with E-state index in [1.165, 1.54) is 4.90 Å². The summed E-state index contributed by atoms with van der Waals surface area (Å²) in [4.78, 5) is 22.0. The van der Waals surface area contributed by atoms with Crippen LogP contribution in [0.5, 0.6) is 0 Å². The smallest absolute Gasteiger partial charge is 0.213 e. The molecule has 2 amide bonds. The van der Waals surface area contributed by atoms with Crippen LogP contribution in [0.2, 0.25) is 0 Å². The minimum absolute atomic E-state index is 0.597. The summed E-state index contributed by atoms with van der Waals surface area (Å²) in [6.07, 6.45) is 1.31. The number of carbonyl (C=O) groups is 2.